The summed E-state index contributed by atoms with van der Waals surface area (Å²) in [5, 5.41) is 5.89. The van der Waals surface area contributed by atoms with Gasteiger partial charge in [0.05, 0.1) is 5.92 Å². The Hall–Kier alpha value is -3.15. The number of likely N-dealkylation sites (tertiary alicyclic amines) is 1. The van der Waals surface area contributed by atoms with Gasteiger partial charge in [-0.05, 0) is 61.9 Å². The highest BCUT2D eigenvalue weighted by atomic mass is 16.2. The topological polar surface area (TPSA) is 78.5 Å². The van der Waals surface area contributed by atoms with Crippen LogP contribution in [-0.4, -0.2) is 42.3 Å². The van der Waals surface area contributed by atoms with E-state index in [-0.39, 0.29) is 23.6 Å². The number of rotatable bonds is 7. The Labute approximate surface area is 190 Å². The summed E-state index contributed by atoms with van der Waals surface area (Å²) in [6.45, 7) is 7.88. The molecule has 2 aromatic rings. The molecule has 2 aromatic carbocycles. The van der Waals surface area contributed by atoms with Crippen LogP contribution in [0.5, 0.6) is 0 Å². The van der Waals surface area contributed by atoms with Crippen molar-refractivity contribution in [3.05, 3.63) is 65.2 Å². The molecule has 1 aliphatic rings. The molecule has 170 valence electrons. The maximum atomic E-state index is 13.1. The number of hydrogen-bond donors (Lipinski definition) is 2. The lowest BCUT2D eigenvalue weighted by Gasteiger charge is -2.32. The Morgan fingerprint density at radius 1 is 1.09 bits per heavy atom. The number of carbonyl (C=O) groups is 3. The number of anilines is 1. The van der Waals surface area contributed by atoms with Crippen LogP contribution in [0.25, 0.3) is 0 Å². The number of amides is 3. The number of carbonyl (C=O) groups excluding carboxylic acids is 3. The molecule has 32 heavy (non-hydrogen) atoms. The predicted molar refractivity (Wildman–Crippen MR) is 127 cm³/mol. The van der Waals surface area contributed by atoms with Gasteiger partial charge >= 0.3 is 0 Å². The van der Waals surface area contributed by atoms with Crippen LogP contribution < -0.4 is 10.6 Å². The molecule has 1 fully saturated rings. The van der Waals surface area contributed by atoms with Gasteiger partial charge in [0, 0.05) is 36.4 Å². The average Bonchev–Trinajstić information content (AvgIpc) is 2.78. The number of hydrogen-bond acceptors (Lipinski definition) is 3. The molecule has 0 aliphatic carbocycles. The lowest BCUT2D eigenvalue weighted by molar-refractivity contribution is -0.126. The van der Waals surface area contributed by atoms with Crippen LogP contribution in [0.4, 0.5) is 5.69 Å². The van der Waals surface area contributed by atoms with Crippen LogP contribution in [0.2, 0.25) is 0 Å². The van der Waals surface area contributed by atoms with Crippen molar-refractivity contribution in [2.45, 2.75) is 40.0 Å². The van der Waals surface area contributed by atoms with E-state index in [0.29, 0.717) is 42.4 Å². The molecule has 6 nitrogen and oxygen atoms in total. The SMILES string of the molecule is Cc1ccccc1C(=O)Nc1cccc(C(=O)N2CCC[C@H](C(=O)NCCC(C)C)C2)c1. The molecule has 2 N–H and O–H groups in total. The molecule has 0 aromatic heterocycles. The summed E-state index contributed by atoms with van der Waals surface area (Å²) in [6, 6.07) is 14.4. The summed E-state index contributed by atoms with van der Waals surface area (Å²) < 4.78 is 0. The Morgan fingerprint density at radius 2 is 1.88 bits per heavy atom. The van der Waals surface area contributed by atoms with Crippen LogP contribution >= 0.6 is 0 Å². The molecule has 0 spiro atoms. The third-order valence-corrected chi connectivity index (χ3v) is 5.86. The molecule has 6 heteroatoms. The molecule has 0 radical (unpaired) electrons. The van der Waals surface area contributed by atoms with Gasteiger partial charge in [0.15, 0.2) is 0 Å². The summed E-state index contributed by atoms with van der Waals surface area (Å²) in [5.41, 5.74) is 2.58. The monoisotopic (exact) mass is 435 g/mol. The average molecular weight is 436 g/mol. The van der Waals surface area contributed by atoms with E-state index in [9.17, 15) is 14.4 Å². The molecular formula is C26H33N3O3. The van der Waals surface area contributed by atoms with E-state index in [1.807, 2.05) is 25.1 Å². The van der Waals surface area contributed by atoms with E-state index in [1.165, 1.54) is 0 Å². The van der Waals surface area contributed by atoms with Crippen molar-refractivity contribution in [1.82, 2.24) is 10.2 Å². The Bertz CT molecular complexity index is 970. The number of piperidine rings is 1. The maximum absolute atomic E-state index is 13.1. The minimum Gasteiger partial charge on any atom is -0.356 e. The predicted octanol–water partition coefficient (Wildman–Crippen LogP) is 4.26. The van der Waals surface area contributed by atoms with Crippen molar-refractivity contribution in [2.24, 2.45) is 11.8 Å². The Kier molecular flexibility index (Phi) is 8.03. The van der Waals surface area contributed by atoms with Gasteiger partial charge in [-0.15, -0.1) is 0 Å². The van der Waals surface area contributed by atoms with Gasteiger partial charge in [-0.25, -0.2) is 0 Å². The fourth-order valence-corrected chi connectivity index (χ4v) is 3.94. The Morgan fingerprint density at radius 3 is 2.62 bits per heavy atom. The van der Waals surface area contributed by atoms with E-state index in [4.69, 9.17) is 0 Å². The summed E-state index contributed by atoms with van der Waals surface area (Å²) in [7, 11) is 0. The molecule has 1 atom stereocenters. The molecular weight excluding hydrogens is 402 g/mol. The van der Waals surface area contributed by atoms with Crippen molar-refractivity contribution in [3.63, 3.8) is 0 Å². The summed E-state index contributed by atoms with van der Waals surface area (Å²) in [4.78, 5) is 40.0. The summed E-state index contributed by atoms with van der Waals surface area (Å²) in [6.07, 6.45) is 2.55. The van der Waals surface area contributed by atoms with Crippen LogP contribution in [0.1, 0.15) is 59.4 Å². The smallest absolute Gasteiger partial charge is 0.255 e. The molecule has 1 aliphatic heterocycles. The van der Waals surface area contributed by atoms with Crippen molar-refractivity contribution >= 4 is 23.4 Å². The zero-order valence-corrected chi connectivity index (χ0v) is 19.2. The zero-order chi connectivity index (χ0) is 23.1. The van der Waals surface area contributed by atoms with Gasteiger partial charge in [0.25, 0.3) is 11.8 Å². The molecule has 1 saturated heterocycles. The summed E-state index contributed by atoms with van der Waals surface area (Å²) >= 11 is 0. The lowest BCUT2D eigenvalue weighted by atomic mass is 9.96. The molecule has 3 rings (SSSR count). The number of nitrogens with one attached hydrogen (secondary N) is 2. The molecule has 0 unspecified atom stereocenters. The lowest BCUT2D eigenvalue weighted by Crippen LogP contribution is -2.45. The third-order valence-electron chi connectivity index (χ3n) is 5.86. The Balaban J connectivity index is 1.63. The highest BCUT2D eigenvalue weighted by Crippen LogP contribution is 2.21. The maximum Gasteiger partial charge on any atom is 0.255 e. The number of benzene rings is 2. The van der Waals surface area contributed by atoms with E-state index in [1.54, 1.807) is 35.2 Å². The summed E-state index contributed by atoms with van der Waals surface area (Å²) in [5.74, 6) is 0.0741. The standard InChI is InChI=1S/C26H33N3O3/c1-18(2)13-14-27-24(30)21-10-7-15-29(17-21)26(32)20-9-6-11-22(16-20)28-25(31)23-12-5-4-8-19(23)3/h4-6,8-9,11-12,16,18,21H,7,10,13-15,17H2,1-3H3,(H,27,30)(H,28,31)/t21-/m0/s1. The second-order valence-corrected chi connectivity index (χ2v) is 8.91. The highest BCUT2D eigenvalue weighted by Gasteiger charge is 2.29. The van der Waals surface area contributed by atoms with E-state index in [0.717, 1.165) is 24.8 Å². The number of aryl methyl sites for hydroxylation is 1. The molecule has 3 amide bonds. The van der Waals surface area contributed by atoms with Gasteiger partial charge in [0.2, 0.25) is 5.91 Å². The van der Waals surface area contributed by atoms with Gasteiger partial charge < -0.3 is 15.5 Å². The van der Waals surface area contributed by atoms with Gasteiger partial charge in [0.1, 0.15) is 0 Å². The first kappa shape index (κ1) is 23.5. The van der Waals surface area contributed by atoms with E-state index < -0.39 is 0 Å². The fraction of sp³-hybridized carbons (Fsp3) is 0.423. The number of nitrogens with zero attached hydrogens (tertiary/aromatic N) is 1. The van der Waals surface area contributed by atoms with Crippen LogP contribution in [0.3, 0.4) is 0 Å². The van der Waals surface area contributed by atoms with Crippen LogP contribution in [-0.2, 0) is 4.79 Å². The first-order valence-corrected chi connectivity index (χ1v) is 11.4. The second kappa shape index (κ2) is 10.9. The van der Waals surface area contributed by atoms with Crippen molar-refractivity contribution in [2.75, 3.05) is 25.0 Å². The van der Waals surface area contributed by atoms with Gasteiger partial charge in [-0.2, -0.15) is 0 Å². The quantitative estimate of drug-likeness (QED) is 0.682. The molecule has 0 bridgehead atoms. The van der Waals surface area contributed by atoms with Crippen LogP contribution in [0, 0.1) is 18.8 Å². The minimum atomic E-state index is -0.205. The van der Waals surface area contributed by atoms with E-state index in [2.05, 4.69) is 24.5 Å². The van der Waals surface area contributed by atoms with Crippen LogP contribution in [0.15, 0.2) is 48.5 Å². The van der Waals surface area contributed by atoms with Crippen molar-refractivity contribution in [1.29, 1.82) is 0 Å². The van der Waals surface area contributed by atoms with Gasteiger partial charge in [-0.3, -0.25) is 14.4 Å². The third kappa shape index (κ3) is 6.19. The first-order valence-electron chi connectivity index (χ1n) is 11.4. The van der Waals surface area contributed by atoms with Crippen molar-refractivity contribution < 1.29 is 14.4 Å². The minimum absolute atomic E-state index is 0.0300. The fourth-order valence-electron chi connectivity index (χ4n) is 3.94. The van der Waals surface area contributed by atoms with E-state index >= 15 is 0 Å². The molecule has 1 heterocycles. The normalized spacial score (nSPS) is 16.0. The first-order chi connectivity index (χ1) is 15.3. The largest absolute Gasteiger partial charge is 0.356 e. The highest BCUT2D eigenvalue weighted by molar-refractivity contribution is 6.06. The van der Waals surface area contributed by atoms with Crippen molar-refractivity contribution in [3.8, 4) is 0 Å². The molecule has 0 saturated carbocycles. The zero-order valence-electron chi connectivity index (χ0n) is 19.2. The van der Waals surface area contributed by atoms with Gasteiger partial charge in [-0.1, -0.05) is 38.1 Å². The second-order valence-electron chi connectivity index (χ2n) is 8.91.